The minimum Gasteiger partial charge on any atom is -0.278 e. The number of aliphatic imine (C=N–C) groups is 1. The van der Waals surface area contributed by atoms with Gasteiger partial charge in [0.1, 0.15) is 0 Å². The molecule has 1 N–H and O–H groups in total. The van der Waals surface area contributed by atoms with Crippen LogP contribution in [0.4, 0.5) is 0 Å². The van der Waals surface area contributed by atoms with Crippen LogP contribution < -0.4 is 0 Å². The number of benzene rings is 2. The Morgan fingerprint density at radius 1 is 0.808 bits per heavy atom. The van der Waals surface area contributed by atoms with Gasteiger partial charge in [-0.3, -0.25) is 15.1 Å². The Morgan fingerprint density at radius 2 is 1.65 bits per heavy atom. The lowest BCUT2D eigenvalue weighted by Gasteiger charge is -2.07. The fourth-order valence-electron chi connectivity index (χ4n) is 3.40. The molecule has 0 aliphatic carbocycles. The van der Waals surface area contributed by atoms with E-state index in [1.54, 1.807) is 0 Å². The van der Waals surface area contributed by atoms with E-state index < -0.39 is 0 Å². The molecule has 0 radical (unpaired) electrons. The lowest BCUT2D eigenvalue weighted by molar-refractivity contribution is 1.12. The smallest absolute Gasteiger partial charge is 0.0748 e. The Kier molecular flexibility index (Phi) is 3.46. The summed E-state index contributed by atoms with van der Waals surface area (Å²) in [7, 11) is 0. The molecule has 3 heterocycles. The Bertz CT molecular complexity index is 1140. The van der Waals surface area contributed by atoms with E-state index in [0.29, 0.717) is 0 Å². The van der Waals surface area contributed by atoms with Gasteiger partial charge in [0.25, 0.3) is 0 Å². The maximum absolute atomic E-state index is 5.00. The summed E-state index contributed by atoms with van der Waals surface area (Å²) in [6, 6.07) is 20.8. The van der Waals surface area contributed by atoms with E-state index in [2.05, 4.69) is 57.6 Å². The highest BCUT2D eigenvalue weighted by molar-refractivity contribution is 6.17. The first-order valence-electron chi connectivity index (χ1n) is 8.58. The molecule has 4 aromatic rings. The van der Waals surface area contributed by atoms with Gasteiger partial charge in [-0.25, -0.2) is 0 Å². The lowest BCUT2D eigenvalue weighted by Crippen LogP contribution is -1.97. The highest BCUT2D eigenvalue weighted by atomic mass is 15.1. The van der Waals surface area contributed by atoms with E-state index in [1.165, 1.54) is 11.1 Å². The summed E-state index contributed by atoms with van der Waals surface area (Å²) in [5.41, 5.74) is 7.80. The third-order valence-corrected chi connectivity index (χ3v) is 4.73. The molecular weight excluding hydrogens is 320 g/mol. The molecule has 0 amide bonds. The fourth-order valence-corrected chi connectivity index (χ4v) is 3.40. The van der Waals surface area contributed by atoms with Crippen LogP contribution in [-0.2, 0) is 0 Å². The number of allylic oxidation sites excluding steroid dienone is 1. The largest absolute Gasteiger partial charge is 0.278 e. The Balaban J connectivity index is 1.65. The highest BCUT2D eigenvalue weighted by Crippen LogP contribution is 2.37. The number of nitrogens with one attached hydrogen (secondary N) is 1. The van der Waals surface area contributed by atoms with E-state index in [4.69, 9.17) is 4.99 Å². The summed E-state index contributed by atoms with van der Waals surface area (Å²) in [6.07, 6.45) is 6.28. The highest BCUT2D eigenvalue weighted by Gasteiger charge is 2.22. The average molecular weight is 336 g/mol. The number of rotatable bonds is 3. The molecule has 1 aliphatic heterocycles. The minimum atomic E-state index is 0.807. The van der Waals surface area contributed by atoms with E-state index in [0.717, 1.165) is 39.9 Å². The van der Waals surface area contributed by atoms with Crippen molar-refractivity contribution in [2.45, 2.75) is 6.42 Å². The van der Waals surface area contributed by atoms with Gasteiger partial charge in [0.2, 0.25) is 0 Å². The summed E-state index contributed by atoms with van der Waals surface area (Å²) in [5.74, 6) is 0. The predicted molar refractivity (Wildman–Crippen MR) is 105 cm³/mol. The molecule has 4 heteroatoms. The van der Waals surface area contributed by atoms with Gasteiger partial charge in [-0.05, 0) is 34.9 Å². The fraction of sp³-hybridized carbons (Fsp3) is 0.0455. The van der Waals surface area contributed by atoms with Gasteiger partial charge in [-0.2, -0.15) is 5.10 Å². The van der Waals surface area contributed by atoms with E-state index >= 15 is 0 Å². The molecule has 0 saturated carbocycles. The van der Waals surface area contributed by atoms with Crippen LogP contribution in [0.2, 0.25) is 0 Å². The summed E-state index contributed by atoms with van der Waals surface area (Å²) < 4.78 is 0. The maximum Gasteiger partial charge on any atom is 0.0748 e. The van der Waals surface area contributed by atoms with Gasteiger partial charge in [0.05, 0.1) is 23.1 Å². The molecule has 0 fully saturated rings. The molecule has 0 unspecified atom stereocenters. The second kappa shape index (κ2) is 6.08. The van der Waals surface area contributed by atoms with Crippen molar-refractivity contribution in [3.8, 4) is 0 Å². The Labute approximate surface area is 151 Å². The van der Waals surface area contributed by atoms with Crippen molar-refractivity contribution in [3.05, 3.63) is 95.9 Å². The minimum absolute atomic E-state index is 0.807. The van der Waals surface area contributed by atoms with Crippen molar-refractivity contribution < 1.29 is 0 Å². The van der Waals surface area contributed by atoms with Crippen LogP contribution >= 0.6 is 0 Å². The Morgan fingerprint density at radius 3 is 2.50 bits per heavy atom. The molecule has 0 saturated heterocycles. The van der Waals surface area contributed by atoms with Gasteiger partial charge >= 0.3 is 0 Å². The number of H-pyrrole nitrogens is 1. The Hall–Kier alpha value is -3.53. The molecule has 0 atom stereocenters. The monoisotopic (exact) mass is 336 g/mol. The number of fused-ring (bicyclic) bond motifs is 1. The van der Waals surface area contributed by atoms with Crippen LogP contribution in [0.15, 0.2) is 84.2 Å². The van der Waals surface area contributed by atoms with Crippen molar-refractivity contribution >= 4 is 27.9 Å². The SMILES string of the molecule is c1ccc(C2=NC(c3ccncc3)=C(c3ccc4cn[nH]c4c3)C2)cc1. The number of hydrogen-bond donors (Lipinski definition) is 1. The van der Waals surface area contributed by atoms with E-state index in [1.807, 2.05) is 36.8 Å². The van der Waals surface area contributed by atoms with Gasteiger partial charge in [0.15, 0.2) is 0 Å². The predicted octanol–water partition coefficient (Wildman–Crippen LogP) is 4.72. The third kappa shape index (κ3) is 2.52. The standard InChI is InChI=1S/C22H16N4/c1-2-4-15(5-3-1)20-13-19(22(25-20)16-8-10-23-11-9-16)17-6-7-18-14-24-26-21(18)12-17/h1-12,14H,13H2,(H,24,26). The van der Waals surface area contributed by atoms with Gasteiger partial charge in [-0.1, -0.05) is 42.5 Å². The maximum atomic E-state index is 5.00. The van der Waals surface area contributed by atoms with Gasteiger partial charge in [-0.15, -0.1) is 0 Å². The summed E-state index contributed by atoms with van der Waals surface area (Å²) in [6.45, 7) is 0. The molecule has 124 valence electrons. The van der Waals surface area contributed by atoms with Gasteiger partial charge in [0, 0.05) is 29.8 Å². The first-order valence-corrected chi connectivity index (χ1v) is 8.58. The molecule has 5 rings (SSSR count). The van der Waals surface area contributed by atoms with Crippen molar-refractivity contribution in [1.82, 2.24) is 15.2 Å². The summed E-state index contributed by atoms with van der Waals surface area (Å²) in [5, 5.41) is 8.30. The zero-order valence-corrected chi connectivity index (χ0v) is 14.1. The third-order valence-electron chi connectivity index (χ3n) is 4.73. The number of aromatic amines is 1. The van der Waals surface area contributed by atoms with Crippen molar-refractivity contribution in [3.63, 3.8) is 0 Å². The van der Waals surface area contributed by atoms with Crippen LogP contribution in [0.5, 0.6) is 0 Å². The molecule has 0 spiro atoms. The molecule has 2 aromatic carbocycles. The lowest BCUT2D eigenvalue weighted by atomic mass is 9.96. The molecule has 26 heavy (non-hydrogen) atoms. The molecular formula is C22H16N4. The van der Waals surface area contributed by atoms with Crippen molar-refractivity contribution in [2.24, 2.45) is 4.99 Å². The summed E-state index contributed by atoms with van der Waals surface area (Å²) >= 11 is 0. The number of hydrogen-bond acceptors (Lipinski definition) is 3. The first-order chi connectivity index (χ1) is 12.9. The normalized spacial score (nSPS) is 14.1. The second-order valence-corrected chi connectivity index (χ2v) is 6.34. The van der Waals surface area contributed by atoms with Crippen molar-refractivity contribution in [1.29, 1.82) is 0 Å². The zero-order valence-electron chi connectivity index (χ0n) is 14.1. The van der Waals surface area contributed by atoms with E-state index in [-0.39, 0.29) is 0 Å². The van der Waals surface area contributed by atoms with Crippen molar-refractivity contribution in [2.75, 3.05) is 0 Å². The second-order valence-electron chi connectivity index (χ2n) is 6.34. The number of nitrogens with zero attached hydrogens (tertiary/aromatic N) is 3. The van der Waals surface area contributed by atoms with Crippen LogP contribution in [0.25, 0.3) is 22.2 Å². The molecule has 0 bridgehead atoms. The number of pyridine rings is 1. The van der Waals surface area contributed by atoms with Crippen LogP contribution in [0.1, 0.15) is 23.1 Å². The average Bonchev–Trinajstić information content (AvgIpc) is 3.36. The molecule has 1 aliphatic rings. The topological polar surface area (TPSA) is 53.9 Å². The first kappa shape index (κ1) is 14.8. The van der Waals surface area contributed by atoms with Gasteiger partial charge < -0.3 is 0 Å². The molecule has 4 nitrogen and oxygen atoms in total. The quantitative estimate of drug-likeness (QED) is 0.588. The molecule has 2 aromatic heterocycles. The zero-order chi connectivity index (χ0) is 17.3. The van der Waals surface area contributed by atoms with Crippen LogP contribution in [0.3, 0.4) is 0 Å². The number of aromatic nitrogens is 3. The van der Waals surface area contributed by atoms with E-state index in [9.17, 15) is 0 Å². The van der Waals surface area contributed by atoms with Crippen LogP contribution in [-0.4, -0.2) is 20.9 Å². The van der Waals surface area contributed by atoms with Crippen LogP contribution in [0, 0.1) is 0 Å². The summed E-state index contributed by atoms with van der Waals surface area (Å²) in [4.78, 5) is 9.14.